The van der Waals surface area contributed by atoms with Gasteiger partial charge in [-0.25, -0.2) is 4.39 Å². The SMILES string of the molecule is NNC(Cc1ccccc1F)C1(c2ccccc2)CC1. The van der Waals surface area contributed by atoms with E-state index in [1.54, 1.807) is 6.07 Å². The van der Waals surface area contributed by atoms with E-state index in [2.05, 4.69) is 17.6 Å². The van der Waals surface area contributed by atoms with Crippen LogP contribution in [0.1, 0.15) is 24.0 Å². The monoisotopic (exact) mass is 270 g/mol. The van der Waals surface area contributed by atoms with Crippen LogP contribution in [0.25, 0.3) is 0 Å². The predicted octanol–water partition coefficient (Wildman–Crippen LogP) is 2.93. The molecule has 3 heteroatoms. The second kappa shape index (κ2) is 5.35. The molecule has 1 saturated carbocycles. The lowest BCUT2D eigenvalue weighted by molar-refractivity contribution is 0.414. The van der Waals surface area contributed by atoms with Crippen LogP contribution in [-0.4, -0.2) is 6.04 Å². The molecule has 1 fully saturated rings. The van der Waals surface area contributed by atoms with Gasteiger partial charge in [0.05, 0.1) is 0 Å². The van der Waals surface area contributed by atoms with Gasteiger partial charge in [-0.3, -0.25) is 11.3 Å². The molecule has 3 N–H and O–H groups in total. The van der Waals surface area contributed by atoms with Gasteiger partial charge in [0.15, 0.2) is 0 Å². The maximum atomic E-state index is 13.8. The maximum absolute atomic E-state index is 13.8. The Balaban J connectivity index is 1.86. The minimum absolute atomic E-state index is 0.0539. The molecule has 0 aromatic heterocycles. The number of nitrogens with two attached hydrogens (primary N) is 1. The number of rotatable bonds is 5. The highest BCUT2D eigenvalue weighted by Gasteiger charge is 2.50. The fourth-order valence-electron chi connectivity index (χ4n) is 3.04. The van der Waals surface area contributed by atoms with Crippen molar-refractivity contribution in [1.29, 1.82) is 0 Å². The lowest BCUT2D eigenvalue weighted by Gasteiger charge is -2.27. The first-order chi connectivity index (χ1) is 9.76. The average Bonchev–Trinajstić information content (AvgIpc) is 3.29. The molecule has 1 aliphatic carbocycles. The Morgan fingerprint density at radius 1 is 1.05 bits per heavy atom. The average molecular weight is 270 g/mol. The summed E-state index contributed by atoms with van der Waals surface area (Å²) in [6, 6.07) is 17.4. The van der Waals surface area contributed by atoms with Crippen molar-refractivity contribution in [2.75, 3.05) is 0 Å². The lowest BCUT2D eigenvalue weighted by atomic mass is 9.85. The van der Waals surface area contributed by atoms with Crippen molar-refractivity contribution in [2.45, 2.75) is 30.7 Å². The second-order valence-corrected chi connectivity index (χ2v) is 5.54. The van der Waals surface area contributed by atoms with E-state index in [1.807, 2.05) is 30.3 Å². The normalized spacial score (nSPS) is 17.7. The summed E-state index contributed by atoms with van der Waals surface area (Å²) in [5.74, 6) is 5.61. The number of nitrogens with one attached hydrogen (secondary N) is 1. The molecule has 0 aliphatic heterocycles. The van der Waals surface area contributed by atoms with Gasteiger partial charge in [0.25, 0.3) is 0 Å². The molecular formula is C17H19FN2. The first kappa shape index (κ1) is 13.3. The molecule has 104 valence electrons. The lowest BCUT2D eigenvalue weighted by Crippen LogP contribution is -2.45. The van der Waals surface area contributed by atoms with Gasteiger partial charge in [-0.05, 0) is 36.5 Å². The van der Waals surface area contributed by atoms with Crippen molar-refractivity contribution in [2.24, 2.45) is 5.84 Å². The van der Waals surface area contributed by atoms with Gasteiger partial charge >= 0.3 is 0 Å². The van der Waals surface area contributed by atoms with Gasteiger partial charge in [0.2, 0.25) is 0 Å². The molecule has 0 bridgehead atoms. The van der Waals surface area contributed by atoms with E-state index in [0.717, 1.165) is 18.4 Å². The molecular weight excluding hydrogens is 251 g/mol. The Hall–Kier alpha value is -1.71. The largest absolute Gasteiger partial charge is 0.271 e. The fraction of sp³-hybridized carbons (Fsp3) is 0.294. The van der Waals surface area contributed by atoms with Crippen LogP contribution in [0.5, 0.6) is 0 Å². The Morgan fingerprint density at radius 2 is 1.70 bits per heavy atom. The zero-order chi connectivity index (χ0) is 14.0. The standard InChI is InChI=1S/C17H19FN2/c18-15-9-5-4-6-13(15)12-16(20-19)17(10-11-17)14-7-2-1-3-8-14/h1-9,16,20H,10-12,19H2. The third kappa shape index (κ3) is 2.35. The van der Waals surface area contributed by atoms with Gasteiger partial charge < -0.3 is 0 Å². The highest BCUT2D eigenvalue weighted by Crippen LogP contribution is 2.51. The van der Waals surface area contributed by atoms with Crippen LogP contribution in [0.15, 0.2) is 54.6 Å². The molecule has 0 heterocycles. The topological polar surface area (TPSA) is 38.0 Å². The molecule has 2 aromatic carbocycles. The number of benzene rings is 2. The predicted molar refractivity (Wildman–Crippen MR) is 78.6 cm³/mol. The highest BCUT2D eigenvalue weighted by atomic mass is 19.1. The number of hydrogen-bond acceptors (Lipinski definition) is 2. The Kier molecular flexibility index (Phi) is 3.55. The summed E-state index contributed by atoms with van der Waals surface area (Å²) in [7, 11) is 0. The van der Waals surface area contributed by atoms with Crippen LogP contribution in [-0.2, 0) is 11.8 Å². The van der Waals surface area contributed by atoms with Crippen molar-refractivity contribution in [1.82, 2.24) is 5.43 Å². The molecule has 0 spiro atoms. The molecule has 0 amide bonds. The van der Waals surface area contributed by atoms with E-state index in [1.165, 1.54) is 11.6 Å². The van der Waals surface area contributed by atoms with Crippen LogP contribution in [0.3, 0.4) is 0 Å². The summed E-state index contributed by atoms with van der Waals surface area (Å²) in [5.41, 5.74) is 4.98. The first-order valence-electron chi connectivity index (χ1n) is 7.01. The molecule has 20 heavy (non-hydrogen) atoms. The first-order valence-corrected chi connectivity index (χ1v) is 7.01. The van der Waals surface area contributed by atoms with Crippen molar-refractivity contribution in [3.8, 4) is 0 Å². The number of hydrogen-bond donors (Lipinski definition) is 2. The van der Waals surface area contributed by atoms with Gasteiger partial charge in [0.1, 0.15) is 5.82 Å². The maximum Gasteiger partial charge on any atom is 0.126 e. The zero-order valence-corrected chi connectivity index (χ0v) is 11.4. The summed E-state index contributed by atoms with van der Waals surface area (Å²) in [5, 5.41) is 0. The van der Waals surface area contributed by atoms with Crippen molar-refractivity contribution < 1.29 is 4.39 Å². The van der Waals surface area contributed by atoms with Crippen LogP contribution in [0.4, 0.5) is 4.39 Å². The van der Waals surface area contributed by atoms with Crippen LogP contribution in [0.2, 0.25) is 0 Å². The summed E-state index contributed by atoms with van der Waals surface area (Å²) in [6.07, 6.45) is 2.80. The Morgan fingerprint density at radius 3 is 2.30 bits per heavy atom. The molecule has 2 aromatic rings. The van der Waals surface area contributed by atoms with E-state index in [4.69, 9.17) is 5.84 Å². The molecule has 1 atom stereocenters. The summed E-state index contributed by atoms with van der Waals surface area (Å²) in [6.45, 7) is 0. The van der Waals surface area contributed by atoms with Crippen LogP contribution in [0, 0.1) is 5.82 Å². The van der Waals surface area contributed by atoms with Gasteiger partial charge in [-0.1, -0.05) is 48.5 Å². The van der Waals surface area contributed by atoms with E-state index < -0.39 is 0 Å². The molecule has 0 radical (unpaired) electrons. The third-order valence-electron chi connectivity index (χ3n) is 4.39. The van der Waals surface area contributed by atoms with Crippen LogP contribution < -0.4 is 11.3 Å². The summed E-state index contributed by atoms with van der Waals surface area (Å²) in [4.78, 5) is 0. The molecule has 2 nitrogen and oxygen atoms in total. The fourth-order valence-corrected chi connectivity index (χ4v) is 3.04. The van der Waals surface area contributed by atoms with Crippen LogP contribution >= 0.6 is 0 Å². The van der Waals surface area contributed by atoms with E-state index >= 15 is 0 Å². The van der Waals surface area contributed by atoms with E-state index in [-0.39, 0.29) is 17.3 Å². The number of halogens is 1. The second-order valence-electron chi connectivity index (χ2n) is 5.54. The van der Waals surface area contributed by atoms with Crippen molar-refractivity contribution in [3.05, 3.63) is 71.5 Å². The van der Waals surface area contributed by atoms with Crippen molar-refractivity contribution >= 4 is 0 Å². The highest BCUT2D eigenvalue weighted by molar-refractivity contribution is 5.35. The van der Waals surface area contributed by atoms with Gasteiger partial charge in [-0.2, -0.15) is 0 Å². The number of hydrazine groups is 1. The molecule has 3 rings (SSSR count). The molecule has 0 saturated heterocycles. The Bertz CT molecular complexity index is 579. The quantitative estimate of drug-likeness (QED) is 0.647. The van der Waals surface area contributed by atoms with E-state index in [9.17, 15) is 4.39 Å². The summed E-state index contributed by atoms with van der Waals surface area (Å²) < 4.78 is 13.8. The minimum atomic E-state index is -0.156. The third-order valence-corrected chi connectivity index (χ3v) is 4.39. The van der Waals surface area contributed by atoms with Gasteiger partial charge in [-0.15, -0.1) is 0 Å². The minimum Gasteiger partial charge on any atom is -0.271 e. The van der Waals surface area contributed by atoms with Gasteiger partial charge in [0, 0.05) is 11.5 Å². The van der Waals surface area contributed by atoms with E-state index in [0.29, 0.717) is 6.42 Å². The van der Waals surface area contributed by atoms with Crippen molar-refractivity contribution in [3.63, 3.8) is 0 Å². The summed E-state index contributed by atoms with van der Waals surface area (Å²) >= 11 is 0. The molecule has 1 unspecified atom stereocenters. The Labute approximate surface area is 118 Å². The smallest absolute Gasteiger partial charge is 0.126 e. The zero-order valence-electron chi connectivity index (χ0n) is 11.4. The molecule has 1 aliphatic rings.